The first-order chi connectivity index (χ1) is 14.0. The van der Waals surface area contributed by atoms with E-state index in [0.29, 0.717) is 31.6 Å². The predicted molar refractivity (Wildman–Crippen MR) is 117 cm³/mol. The van der Waals surface area contributed by atoms with Gasteiger partial charge in [0.25, 0.3) is 5.56 Å². The van der Waals surface area contributed by atoms with Crippen LogP contribution in [0.4, 0.5) is 0 Å². The number of fused-ring (bicyclic) bond motifs is 1. The van der Waals surface area contributed by atoms with Gasteiger partial charge in [-0.25, -0.2) is 9.36 Å². The molecule has 0 aliphatic carbocycles. The van der Waals surface area contributed by atoms with E-state index >= 15 is 0 Å². The highest BCUT2D eigenvalue weighted by Gasteiger charge is 2.17. The van der Waals surface area contributed by atoms with Crippen molar-refractivity contribution in [1.82, 2.24) is 9.13 Å². The van der Waals surface area contributed by atoms with Gasteiger partial charge in [0.15, 0.2) is 5.78 Å². The molecular weight excluding hydrogens is 456 g/mol. The van der Waals surface area contributed by atoms with E-state index in [9.17, 15) is 14.4 Å². The zero-order chi connectivity index (χ0) is 20.5. The van der Waals surface area contributed by atoms with Gasteiger partial charge in [-0.05, 0) is 36.4 Å². The van der Waals surface area contributed by atoms with E-state index in [0.717, 1.165) is 4.57 Å². The van der Waals surface area contributed by atoms with Crippen LogP contribution in [0.5, 0.6) is 0 Å². The largest absolute Gasteiger partial charge is 0.336 e. The Morgan fingerprint density at radius 3 is 2.41 bits per heavy atom. The average molecular weight is 470 g/mol. The van der Waals surface area contributed by atoms with Crippen molar-refractivity contribution in [2.45, 2.75) is 6.54 Å². The summed E-state index contributed by atoms with van der Waals surface area (Å²) in [5.74, 6) is -0.229. The number of Topliss-reactive ketones (excluding diaryl/α,β-unsaturated/α-hetero) is 1. The Morgan fingerprint density at radius 2 is 1.69 bits per heavy atom. The molecule has 0 saturated carbocycles. The van der Waals surface area contributed by atoms with E-state index in [2.05, 4.69) is 15.9 Å². The maximum absolute atomic E-state index is 13.3. The number of halogens is 2. The molecule has 0 radical (unpaired) electrons. The predicted octanol–water partition coefficient (Wildman–Crippen LogP) is 4.45. The molecule has 144 valence electrons. The molecule has 0 aliphatic rings. The van der Waals surface area contributed by atoms with Gasteiger partial charge in [-0.1, -0.05) is 63.9 Å². The number of ketones is 1. The van der Waals surface area contributed by atoms with Crippen molar-refractivity contribution in [2.24, 2.45) is 0 Å². The van der Waals surface area contributed by atoms with Gasteiger partial charge in [0, 0.05) is 15.1 Å². The summed E-state index contributed by atoms with van der Waals surface area (Å²) in [5, 5.41) is 0.717. The molecule has 3 aromatic carbocycles. The van der Waals surface area contributed by atoms with Gasteiger partial charge >= 0.3 is 5.69 Å². The molecule has 4 rings (SSSR count). The molecule has 0 saturated heterocycles. The highest BCUT2D eigenvalue weighted by Crippen LogP contribution is 2.18. The number of benzene rings is 3. The number of rotatable bonds is 4. The van der Waals surface area contributed by atoms with Gasteiger partial charge in [0.05, 0.1) is 23.1 Å². The lowest BCUT2D eigenvalue weighted by molar-refractivity contribution is 0.0971. The van der Waals surface area contributed by atoms with Crippen LogP contribution in [0.1, 0.15) is 10.4 Å². The Bertz CT molecular complexity index is 1360. The summed E-state index contributed by atoms with van der Waals surface area (Å²) in [4.78, 5) is 39.2. The molecular formula is C22H14BrClN2O3. The normalized spacial score (nSPS) is 11.0. The third-order valence-corrected chi connectivity index (χ3v) is 5.30. The van der Waals surface area contributed by atoms with Crippen LogP contribution in [0, 0.1) is 0 Å². The Hall–Kier alpha value is -2.96. The minimum atomic E-state index is -0.601. The molecule has 0 amide bonds. The molecule has 5 nitrogen and oxygen atoms in total. The number of hydrogen-bond acceptors (Lipinski definition) is 3. The number of carbonyl (C=O) groups excluding carboxylic acids is 1. The number of aromatic nitrogens is 2. The summed E-state index contributed by atoms with van der Waals surface area (Å²) in [7, 11) is 0. The number of carbonyl (C=O) groups is 1. The zero-order valence-corrected chi connectivity index (χ0v) is 17.4. The Labute approximate surface area is 178 Å². The van der Waals surface area contributed by atoms with Gasteiger partial charge in [-0.3, -0.25) is 14.2 Å². The molecule has 0 spiro atoms. The highest BCUT2D eigenvalue weighted by atomic mass is 79.9. The highest BCUT2D eigenvalue weighted by molar-refractivity contribution is 9.10. The average Bonchev–Trinajstić information content (AvgIpc) is 2.72. The Balaban J connectivity index is 1.99. The minimum Gasteiger partial charge on any atom is -0.292 e. The Kier molecular flexibility index (Phi) is 5.22. The van der Waals surface area contributed by atoms with Crippen molar-refractivity contribution < 1.29 is 4.79 Å². The van der Waals surface area contributed by atoms with Crippen molar-refractivity contribution in [3.63, 3.8) is 0 Å². The van der Waals surface area contributed by atoms with Crippen molar-refractivity contribution in [2.75, 3.05) is 0 Å². The first kappa shape index (κ1) is 19.4. The molecule has 0 fully saturated rings. The van der Waals surface area contributed by atoms with Crippen molar-refractivity contribution >= 4 is 44.2 Å². The lowest BCUT2D eigenvalue weighted by Crippen LogP contribution is -2.40. The van der Waals surface area contributed by atoms with E-state index < -0.39 is 11.2 Å². The van der Waals surface area contributed by atoms with Crippen LogP contribution in [-0.2, 0) is 6.54 Å². The fourth-order valence-corrected chi connectivity index (χ4v) is 3.75. The molecule has 0 N–H and O–H groups in total. The molecule has 0 atom stereocenters. The van der Waals surface area contributed by atoms with Crippen LogP contribution < -0.4 is 11.2 Å². The van der Waals surface area contributed by atoms with Gasteiger partial charge in [0.2, 0.25) is 0 Å². The molecule has 1 heterocycles. The maximum atomic E-state index is 13.3. The lowest BCUT2D eigenvalue weighted by atomic mass is 10.1. The minimum absolute atomic E-state index is 0.193. The summed E-state index contributed by atoms with van der Waals surface area (Å²) in [6, 6.07) is 20.2. The monoisotopic (exact) mass is 468 g/mol. The van der Waals surface area contributed by atoms with Crippen molar-refractivity contribution in [1.29, 1.82) is 0 Å². The summed E-state index contributed by atoms with van der Waals surface area (Å²) in [6.45, 7) is -0.193. The van der Waals surface area contributed by atoms with Crippen LogP contribution in [0.25, 0.3) is 16.6 Å². The quantitative estimate of drug-likeness (QED) is 0.415. The second kappa shape index (κ2) is 7.81. The van der Waals surface area contributed by atoms with E-state index in [4.69, 9.17) is 11.6 Å². The van der Waals surface area contributed by atoms with Crippen LogP contribution in [0.2, 0.25) is 5.02 Å². The fourth-order valence-electron chi connectivity index (χ4n) is 3.20. The number of hydrogen-bond donors (Lipinski definition) is 0. The third kappa shape index (κ3) is 3.69. The van der Waals surface area contributed by atoms with Gasteiger partial charge in [-0.15, -0.1) is 0 Å². The standard InChI is InChI=1S/C22H14BrClN2O3/c23-15-9-10-19-18(11-15)21(28)26(17-8-4-7-16(24)12-17)22(29)25(19)13-20(27)14-5-2-1-3-6-14/h1-12H,13H2. The molecule has 0 unspecified atom stereocenters. The topological polar surface area (TPSA) is 61.1 Å². The molecule has 29 heavy (non-hydrogen) atoms. The van der Waals surface area contributed by atoms with Crippen molar-refractivity contribution in [3.8, 4) is 5.69 Å². The molecule has 1 aromatic heterocycles. The lowest BCUT2D eigenvalue weighted by Gasteiger charge is -2.14. The van der Waals surface area contributed by atoms with Gasteiger partial charge in [0.1, 0.15) is 0 Å². The molecule has 7 heteroatoms. The first-order valence-electron chi connectivity index (χ1n) is 8.75. The smallest absolute Gasteiger partial charge is 0.292 e. The summed E-state index contributed by atoms with van der Waals surface area (Å²) in [5.41, 5.74) is 0.152. The third-order valence-electron chi connectivity index (χ3n) is 4.57. The zero-order valence-electron chi connectivity index (χ0n) is 15.0. The maximum Gasteiger partial charge on any atom is 0.336 e. The second-order valence-corrected chi connectivity index (χ2v) is 7.79. The number of nitrogens with zero attached hydrogens (tertiary/aromatic N) is 2. The first-order valence-corrected chi connectivity index (χ1v) is 9.92. The molecule has 0 aliphatic heterocycles. The van der Waals surface area contributed by atoms with Gasteiger partial charge < -0.3 is 0 Å². The van der Waals surface area contributed by atoms with Crippen LogP contribution in [0.15, 0.2) is 86.9 Å². The van der Waals surface area contributed by atoms with E-state index in [1.54, 1.807) is 60.7 Å². The van der Waals surface area contributed by atoms with E-state index in [1.807, 2.05) is 6.07 Å². The Morgan fingerprint density at radius 1 is 0.931 bits per heavy atom. The van der Waals surface area contributed by atoms with Crippen LogP contribution in [0.3, 0.4) is 0 Å². The molecule has 0 bridgehead atoms. The molecule has 4 aromatic rings. The van der Waals surface area contributed by atoms with Gasteiger partial charge in [-0.2, -0.15) is 0 Å². The van der Waals surface area contributed by atoms with E-state index in [1.165, 1.54) is 10.6 Å². The SMILES string of the molecule is O=C(Cn1c(=O)n(-c2cccc(Cl)c2)c(=O)c2cc(Br)ccc21)c1ccccc1. The second-order valence-electron chi connectivity index (χ2n) is 6.44. The van der Waals surface area contributed by atoms with Crippen LogP contribution in [-0.4, -0.2) is 14.9 Å². The van der Waals surface area contributed by atoms with Crippen molar-refractivity contribution in [3.05, 3.63) is 109 Å². The summed E-state index contributed by atoms with van der Waals surface area (Å²) in [6.07, 6.45) is 0. The summed E-state index contributed by atoms with van der Waals surface area (Å²) >= 11 is 9.43. The fraction of sp³-hybridized carbons (Fsp3) is 0.0455. The summed E-state index contributed by atoms with van der Waals surface area (Å²) < 4.78 is 3.05. The van der Waals surface area contributed by atoms with E-state index in [-0.39, 0.29) is 12.3 Å². The van der Waals surface area contributed by atoms with Crippen LogP contribution >= 0.6 is 27.5 Å².